The van der Waals surface area contributed by atoms with Gasteiger partial charge in [-0.25, -0.2) is 9.31 Å². The van der Waals surface area contributed by atoms with E-state index in [1.54, 1.807) is 10.7 Å². The summed E-state index contributed by atoms with van der Waals surface area (Å²) in [5.74, 6) is 0.0986. The zero-order valence-electron chi connectivity index (χ0n) is 11.8. The lowest BCUT2D eigenvalue weighted by Crippen LogP contribution is -1.96. The molecule has 3 rings (SSSR count). The van der Waals surface area contributed by atoms with Gasteiger partial charge in [-0.05, 0) is 36.3 Å². The molecule has 0 radical (unpaired) electrons. The van der Waals surface area contributed by atoms with Crippen molar-refractivity contribution in [3.8, 4) is 11.6 Å². The van der Waals surface area contributed by atoms with Crippen LogP contribution in [0.4, 0.5) is 0 Å². The van der Waals surface area contributed by atoms with Crippen molar-refractivity contribution in [3.05, 3.63) is 60.1 Å². The summed E-state index contributed by atoms with van der Waals surface area (Å²) in [6.45, 7) is 1.87. The highest BCUT2D eigenvalue weighted by atomic mass is 16.5. The molecular formula is C16H13N3O3. The molecule has 0 aliphatic rings. The van der Waals surface area contributed by atoms with Gasteiger partial charge in [0.05, 0.1) is 0 Å². The molecular weight excluding hydrogens is 282 g/mol. The Kier molecular flexibility index (Phi) is 3.57. The summed E-state index contributed by atoms with van der Waals surface area (Å²) >= 11 is 0. The summed E-state index contributed by atoms with van der Waals surface area (Å²) < 4.78 is 7.43. The average Bonchev–Trinajstić information content (AvgIpc) is 2.84. The number of aryl methyl sites for hydroxylation is 1. The fourth-order valence-electron chi connectivity index (χ4n) is 2.15. The summed E-state index contributed by atoms with van der Waals surface area (Å²) in [7, 11) is 0. The standard InChI is InChI=1S/C16H13N3O3/c1-11-12(7-8-14(20)21)9-19-15(11)16(17-10-18-19)22-13-5-3-2-4-6-13/h2-10H,1H3,(H,20,21)/b8-7+. The molecule has 0 saturated heterocycles. The molecule has 2 heterocycles. The van der Waals surface area contributed by atoms with E-state index in [9.17, 15) is 4.79 Å². The minimum Gasteiger partial charge on any atom is -0.478 e. The third-order valence-corrected chi connectivity index (χ3v) is 3.20. The summed E-state index contributed by atoms with van der Waals surface area (Å²) in [4.78, 5) is 14.8. The number of carboxylic acids is 1. The van der Waals surface area contributed by atoms with E-state index >= 15 is 0 Å². The molecule has 1 aromatic carbocycles. The van der Waals surface area contributed by atoms with Gasteiger partial charge in [0.25, 0.3) is 0 Å². The number of rotatable bonds is 4. The van der Waals surface area contributed by atoms with Gasteiger partial charge in [-0.15, -0.1) is 0 Å². The van der Waals surface area contributed by atoms with Crippen molar-refractivity contribution in [1.29, 1.82) is 0 Å². The second kappa shape index (κ2) is 5.69. The number of fused-ring (bicyclic) bond motifs is 1. The summed E-state index contributed by atoms with van der Waals surface area (Å²) in [5, 5.41) is 12.9. The monoisotopic (exact) mass is 295 g/mol. The fraction of sp³-hybridized carbons (Fsp3) is 0.0625. The van der Waals surface area contributed by atoms with Crippen LogP contribution in [-0.2, 0) is 4.79 Å². The number of carbonyl (C=O) groups is 1. The molecule has 0 saturated carbocycles. The van der Waals surface area contributed by atoms with Crippen molar-refractivity contribution in [2.24, 2.45) is 0 Å². The molecule has 6 heteroatoms. The van der Waals surface area contributed by atoms with Crippen LogP contribution in [-0.4, -0.2) is 25.7 Å². The normalized spacial score (nSPS) is 11.1. The topological polar surface area (TPSA) is 76.7 Å². The Labute approximate surface area is 126 Å². The molecule has 0 aliphatic carbocycles. The maximum atomic E-state index is 10.7. The lowest BCUT2D eigenvalue weighted by atomic mass is 10.2. The first kappa shape index (κ1) is 13.8. The number of hydrogen-bond donors (Lipinski definition) is 1. The molecule has 0 spiro atoms. The van der Waals surface area contributed by atoms with E-state index in [2.05, 4.69) is 10.1 Å². The molecule has 22 heavy (non-hydrogen) atoms. The number of benzene rings is 1. The molecule has 6 nitrogen and oxygen atoms in total. The maximum Gasteiger partial charge on any atom is 0.328 e. The molecule has 0 atom stereocenters. The lowest BCUT2D eigenvalue weighted by molar-refractivity contribution is -0.131. The SMILES string of the molecule is Cc1c(/C=C/C(=O)O)cn2ncnc(Oc3ccccc3)c12. The van der Waals surface area contributed by atoms with Crippen molar-refractivity contribution in [2.75, 3.05) is 0 Å². The van der Waals surface area contributed by atoms with Gasteiger partial charge in [-0.3, -0.25) is 0 Å². The molecule has 0 aliphatic heterocycles. The number of para-hydroxylation sites is 1. The van der Waals surface area contributed by atoms with Crippen LogP contribution in [0.25, 0.3) is 11.6 Å². The van der Waals surface area contributed by atoms with Gasteiger partial charge in [-0.2, -0.15) is 10.1 Å². The molecule has 0 amide bonds. The Morgan fingerprint density at radius 3 is 2.82 bits per heavy atom. The van der Waals surface area contributed by atoms with Crippen molar-refractivity contribution in [2.45, 2.75) is 6.92 Å². The molecule has 2 aromatic heterocycles. The van der Waals surface area contributed by atoms with Crippen molar-refractivity contribution < 1.29 is 14.6 Å². The van der Waals surface area contributed by atoms with E-state index in [0.29, 0.717) is 17.1 Å². The number of nitrogens with zero attached hydrogens (tertiary/aromatic N) is 3. The fourth-order valence-corrected chi connectivity index (χ4v) is 2.15. The smallest absolute Gasteiger partial charge is 0.328 e. The first-order valence-electron chi connectivity index (χ1n) is 6.62. The van der Waals surface area contributed by atoms with E-state index in [1.165, 1.54) is 12.4 Å². The summed E-state index contributed by atoms with van der Waals surface area (Å²) in [6.07, 6.45) is 5.75. The summed E-state index contributed by atoms with van der Waals surface area (Å²) in [5.41, 5.74) is 2.31. The van der Waals surface area contributed by atoms with E-state index in [0.717, 1.165) is 17.2 Å². The van der Waals surface area contributed by atoms with Crippen LogP contribution in [0.15, 0.2) is 48.9 Å². The van der Waals surface area contributed by atoms with Gasteiger partial charge in [-0.1, -0.05) is 18.2 Å². The zero-order valence-corrected chi connectivity index (χ0v) is 11.8. The Balaban J connectivity index is 2.06. The van der Waals surface area contributed by atoms with Gasteiger partial charge in [0.15, 0.2) is 0 Å². The third-order valence-electron chi connectivity index (χ3n) is 3.20. The van der Waals surface area contributed by atoms with Crippen LogP contribution in [0.1, 0.15) is 11.1 Å². The average molecular weight is 295 g/mol. The molecule has 0 unspecified atom stereocenters. The maximum absolute atomic E-state index is 10.7. The Morgan fingerprint density at radius 2 is 2.09 bits per heavy atom. The van der Waals surface area contributed by atoms with Gasteiger partial charge in [0, 0.05) is 12.3 Å². The van der Waals surface area contributed by atoms with E-state index in [-0.39, 0.29) is 0 Å². The van der Waals surface area contributed by atoms with E-state index in [4.69, 9.17) is 9.84 Å². The number of aromatic nitrogens is 3. The first-order valence-corrected chi connectivity index (χ1v) is 6.62. The number of aliphatic carboxylic acids is 1. The van der Waals surface area contributed by atoms with Gasteiger partial charge >= 0.3 is 5.97 Å². The quantitative estimate of drug-likeness (QED) is 0.749. The van der Waals surface area contributed by atoms with Crippen molar-refractivity contribution >= 4 is 17.6 Å². The highest BCUT2D eigenvalue weighted by molar-refractivity contribution is 5.86. The highest BCUT2D eigenvalue weighted by Crippen LogP contribution is 2.28. The number of carboxylic acid groups (broad SMARTS) is 1. The second-order valence-electron chi connectivity index (χ2n) is 4.65. The van der Waals surface area contributed by atoms with Crippen LogP contribution in [0.3, 0.4) is 0 Å². The van der Waals surface area contributed by atoms with Crippen molar-refractivity contribution in [1.82, 2.24) is 14.6 Å². The molecule has 0 bridgehead atoms. The minimum absolute atomic E-state index is 0.425. The van der Waals surface area contributed by atoms with Gasteiger partial charge in [0.1, 0.15) is 17.6 Å². The predicted octanol–water partition coefficient (Wildman–Crippen LogP) is 2.93. The van der Waals surface area contributed by atoms with Crippen LogP contribution in [0, 0.1) is 6.92 Å². The van der Waals surface area contributed by atoms with Crippen LogP contribution >= 0.6 is 0 Å². The van der Waals surface area contributed by atoms with Crippen LogP contribution in [0.2, 0.25) is 0 Å². The number of ether oxygens (including phenoxy) is 1. The Morgan fingerprint density at radius 1 is 1.32 bits per heavy atom. The minimum atomic E-state index is -0.999. The first-order chi connectivity index (χ1) is 10.6. The van der Waals surface area contributed by atoms with Crippen LogP contribution < -0.4 is 4.74 Å². The largest absolute Gasteiger partial charge is 0.478 e. The second-order valence-corrected chi connectivity index (χ2v) is 4.65. The molecule has 0 fully saturated rings. The van der Waals surface area contributed by atoms with Gasteiger partial charge < -0.3 is 9.84 Å². The van der Waals surface area contributed by atoms with Gasteiger partial charge in [0.2, 0.25) is 5.88 Å². The zero-order chi connectivity index (χ0) is 15.5. The number of hydrogen-bond acceptors (Lipinski definition) is 4. The molecule has 1 N–H and O–H groups in total. The highest BCUT2D eigenvalue weighted by Gasteiger charge is 2.13. The lowest BCUT2D eigenvalue weighted by Gasteiger charge is -2.06. The van der Waals surface area contributed by atoms with Crippen LogP contribution in [0.5, 0.6) is 11.6 Å². The third kappa shape index (κ3) is 2.67. The van der Waals surface area contributed by atoms with E-state index in [1.807, 2.05) is 37.3 Å². The predicted molar refractivity (Wildman–Crippen MR) is 80.9 cm³/mol. The molecule has 3 aromatic rings. The van der Waals surface area contributed by atoms with Crippen molar-refractivity contribution in [3.63, 3.8) is 0 Å². The van der Waals surface area contributed by atoms with E-state index < -0.39 is 5.97 Å². The Hall–Kier alpha value is -3.15. The molecule has 110 valence electrons. The summed E-state index contributed by atoms with van der Waals surface area (Å²) in [6, 6.07) is 9.32. The Bertz CT molecular complexity index is 854.